The average molecular weight is 292 g/mol. The molecule has 2 aromatic carbocycles. The zero-order chi connectivity index (χ0) is 15.2. The minimum Gasteiger partial charge on any atom is -0.386 e. The van der Waals surface area contributed by atoms with Crippen LogP contribution in [0.25, 0.3) is 0 Å². The van der Waals surface area contributed by atoms with Crippen LogP contribution in [-0.4, -0.2) is 17.7 Å². The fraction of sp³-hybridized carbons (Fsp3) is 0.133. The minimum atomic E-state index is -1.16. The zero-order valence-electron chi connectivity index (χ0n) is 11.0. The first-order valence-corrected chi connectivity index (χ1v) is 6.29. The van der Waals surface area contributed by atoms with Crippen LogP contribution >= 0.6 is 0 Å². The molecule has 110 valence electrons. The molecule has 4 nitrogen and oxygen atoms in total. The second-order valence-corrected chi connectivity index (χ2v) is 4.38. The highest BCUT2D eigenvalue weighted by Gasteiger charge is 2.13. The fourth-order valence-electron chi connectivity index (χ4n) is 1.79. The summed E-state index contributed by atoms with van der Waals surface area (Å²) in [7, 11) is 0. The van der Waals surface area contributed by atoms with E-state index in [1.807, 2.05) is 0 Å². The summed E-state index contributed by atoms with van der Waals surface area (Å²) in [6.07, 6.45) is -1.16. The third-order valence-corrected chi connectivity index (χ3v) is 2.80. The van der Waals surface area contributed by atoms with Crippen LogP contribution in [0.3, 0.4) is 0 Å². The Hall–Kier alpha value is -2.47. The fourth-order valence-corrected chi connectivity index (χ4v) is 1.79. The van der Waals surface area contributed by atoms with Crippen molar-refractivity contribution in [3.8, 4) is 0 Å². The second-order valence-electron chi connectivity index (χ2n) is 4.38. The SMILES string of the molecule is O=C(NC[C@@H](O)c1ccccc1F)Nc1cccc(F)c1. The van der Waals surface area contributed by atoms with Gasteiger partial charge < -0.3 is 15.7 Å². The van der Waals surface area contributed by atoms with E-state index in [-0.39, 0.29) is 17.8 Å². The Labute approximate surface area is 120 Å². The molecule has 0 bridgehead atoms. The van der Waals surface area contributed by atoms with E-state index in [1.165, 1.54) is 36.4 Å². The minimum absolute atomic E-state index is 0.101. The Bertz CT molecular complexity index is 635. The normalized spacial score (nSPS) is 11.8. The van der Waals surface area contributed by atoms with Crippen LogP contribution in [0.15, 0.2) is 48.5 Å². The number of carbonyl (C=O) groups is 1. The van der Waals surface area contributed by atoms with Gasteiger partial charge in [0.25, 0.3) is 0 Å². The first-order chi connectivity index (χ1) is 10.1. The lowest BCUT2D eigenvalue weighted by atomic mass is 10.1. The molecule has 0 aromatic heterocycles. The van der Waals surface area contributed by atoms with Gasteiger partial charge in [-0.05, 0) is 24.3 Å². The molecule has 0 fully saturated rings. The van der Waals surface area contributed by atoms with Gasteiger partial charge in [0.15, 0.2) is 0 Å². The van der Waals surface area contributed by atoms with Crippen LogP contribution in [-0.2, 0) is 0 Å². The monoisotopic (exact) mass is 292 g/mol. The number of amides is 2. The summed E-state index contributed by atoms with van der Waals surface area (Å²) >= 11 is 0. The highest BCUT2D eigenvalue weighted by Crippen LogP contribution is 2.15. The van der Waals surface area contributed by atoms with E-state index < -0.39 is 23.8 Å². The number of benzene rings is 2. The van der Waals surface area contributed by atoms with Crippen molar-refractivity contribution in [2.75, 3.05) is 11.9 Å². The summed E-state index contributed by atoms with van der Waals surface area (Å²) in [5, 5.41) is 14.6. The van der Waals surface area contributed by atoms with Gasteiger partial charge in [0, 0.05) is 17.8 Å². The number of hydrogen-bond donors (Lipinski definition) is 3. The van der Waals surface area contributed by atoms with Crippen molar-refractivity contribution in [2.45, 2.75) is 6.10 Å². The molecule has 1 atom stereocenters. The quantitative estimate of drug-likeness (QED) is 0.811. The first-order valence-electron chi connectivity index (χ1n) is 6.29. The van der Waals surface area contributed by atoms with Crippen LogP contribution < -0.4 is 10.6 Å². The number of aliphatic hydroxyl groups excluding tert-OH is 1. The van der Waals surface area contributed by atoms with Crippen molar-refractivity contribution in [3.63, 3.8) is 0 Å². The van der Waals surface area contributed by atoms with Crippen molar-refractivity contribution < 1.29 is 18.7 Å². The predicted octanol–water partition coefficient (Wildman–Crippen LogP) is 2.82. The molecule has 0 aliphatic carbocycles. The van der Waals surface area contributed by atoms with Crippen molar-refractivity contribution in [1.82, 2.24) is 5.32 Å². The van der Waals surface area contributed by atoms with Gasteiger partial charge in [-0.2, -0.15) is 0 Å². The average Bonchev–Trinajstić information content (AvgIpc) is 2.45. The molecular weight excluding hydrogens is 278 g/mol. The van der Waals surface area contributed by atoms with Crippen molar-refractivity contribution in [2.24, 2.45) is 0 Å². The van der Waals surface area contributed by atoms with Gasteiger partial charge in [-0.25, -0.2) is 13.6 Å². The van der Waals surface area contributed by atoms with Crippen LogP contribution in [0, 0.1) is 11.6 Å². The molecule has 2 rings (SSSR count). The molecule has 0 heterocycles. The lowest BCUT2D eigenvalue weighted by Gasteiger charge is -2.13. The maximum Gasteiger partial charge on any atom is 0.319 e. The molecule has 0 unspecified atom stereocenters. The number of anilines is 1. The van der Waals surface area contributed by atoms with E-state index in [4.69, 9.17) is 0 Å². The molecule has 0 saturated heterocycles. The molecule has 21 heavy (non-hydrogen) atoms. The summed E-state index contributed by atoms with van der Waals surface area (Å²) in [6.45, 7) is -0.165. The summed E-state index contributed by atoms with van der Waals surface area (Å²) in [5.74, 6) is -1.02. The van der Waals surface area contributed by atoms with E-state index in [1.54, 1.807) is 6.07 Å². The Morgan fingerprint density at radius 3 is 2.62 bits per heavy atom. The molecule has 6 heteroatoms. The Balaban J connectivity index is 1.88. The largest absolute Gasteiger partial charge is 0.386 e. The summed E-state index contributed by atoms with van der Waals surface area (Å²) < 4.78 is 26.4. The van der Waals surface area contributed by atoms with E-state index in [0.717, 1.165) is 6.07 Å². The predicted molar refractivity (Wildman–Crippen MR) is 74.8 cm³/mol. The van der Waals surface area contributed by atoms with Gasteiger partial charge in [-0.3, -0.25) is 0 Å². The van der Waals surface area contributed by atoms with Crippen LogP contribution in [0.4, 0.5) is 19.3 Å². The van der Waals surface area contributed by atoms with Crippen LogP contribution in [0.5, 0.6) is 0 Å². The highest BCUT2D eigenvalue weighted by molar-refractivity contribution is 5.89. The number of halogens is 2. The topological polar surface area (TPSA) is 61.4 Å². The van der Waals surface area contributed by atoms with Gasteiger partial charge in [0.05, 0.1) is 6.10 Å². The van der Waals surface area contributed by atoms with Crippen molar-refractivity contribution in [3.05, 3.63) is 65.7 Å². The van der Waals surface area contributed by atoms with E-state index in [0.29, 0.717) is 0 Å². The molecule has 3 N–H and O–H groups in total. The van der Waals surface area contributed by atoms with Crippen LogP contribution in [0.1, 0.15) is 11.7 Å². The molecule has 0 radical (unpaired) electrons. The third-order valence-electron chi connectivity index (χ3n) is 2.80. The third kappa shape index (κ3) is 4.25. The van der Waals surface area contributed by atoms with Crippen molar-refractivity contribution >= 4 is 11.7 Å². The van der Waals surface area contributed by atoms with E-state index in [9.17, 15) is 18.7 Å². The Morgan fingerprint density at radius 2 is 1.90 bits per heavy atom. The molecule has 0 aliphatic rings. The first kappa shape index (κ1) is 14.9. The summed E-state index contributed by atoms with van der Waals surface area (Å²) in [4.78, 5) is 11.6. The molecule has 2 amide bonds. The Morgan fingerprint density at radius 1 is 1.14 bits per heavy atom. The second kappa shape index (κ2) is 6.81. The Kier molecular flexibility index (Phi) is 4.84. The van der Waals surface area contributed by atoms with Gasteiger partial charge >= 0.3 is 6.03 Å². The highest BCUT2D eigenvalue weighted by atomic mass is 19.1. The van der Waals surface area contributed by atoms with Gasteiger partial charge in [-0.1, -0.05) is 24.3 Å². The number of urea groups is 1. The van der Waals surface area contributed by atoms with Gasteiger partial charge in [0.2, 0.25) is 0 Å². The maximum absolute atomic E-state index is 13.4. The zero-order valence-corrected chi connectivity index (χ0v) is 11.0. The summed E-state index contributed by atoms with van der Waals surface area (Å²) in [6, 6.07) is 10.5. The number of aliphatic hydroxyl groups is 1. The lowest BCUT2D eigenvalue weighted by Crippen LogP contribution is -2.32. The smallest absolute Gasteiger partial charge is 0.319 e. The maximum atomic E-state index is 13.4. The van der Waals surface area contributed by atoms with Crippen molar-refractivity contribution in [1.29, 1.82) is 0 Å². The van der Waals surface area contributed by atoms with Gasteiger partial charge in [-0.15, -0.1) is 0 Å². The van der Waals surface area contributed by atoms with E-state index in [2.05, 4.69) is 10.6 Å². The summed E-state index contributed by atoms with van der Waals surface area (Å²) in [5.41, 5.74) is 0.386. The lowest BCUT2D eigenvalue weighted by molar-refractivity contribution is 0.170. The van der Waals surface area contributed by atoms with E-state index >= 15 is 0 Å². The molecule has 0 aliphatic heterocycles. The molecule has 0 spiro atoms. The standard InChI is InChI=1S/C15H14F2N2O2/c16-10-4-3-5-11(8-10)19-15(21)18-9-14(20)12-6-1-2-7-13(12)17/h1-8,14,20H,9H2,(H2,18,19,21)/t14-/m1/s1. The number of hydrogen-bond acceptors (Lipinski definition) is 2. The number of rotatable bonds is 4. The molecular formula is C15H14F2N2O2. The van der Waals surface area contributed by atoms with Crippen LogP contribution in [0.2, 0.25) is 0 Å². The number of nitrogens with one attached hydrogen (secondary N) is 2. The molecule has 2 aromatic rings. The molecule has 0 saturated carbocycles. The van der Waals surface area contributed by atoms with Gasteiger partial charge in [0.1, 0.15) is 11.6 Å². The number of carbonyl (C=O) groups excluding carboxylic acids is 1.